The number of anilines is 1. The number of carbonyl (C=O) groups excluding carboxylic acids is 1. The van der Waals surface area contributed by atoms with Crippen LogP contribution in [0.5, 0.6) is 0 Å². The average molecular weight is 374 g/mol. The molecule has 7 heteroatoms. The molecular formula is C21H22N6O. The molecule has 0 radical (unpaired) electrons. The maximum atomic E-state index is 11.5. The molecule has 1 amide bonds. The fourth-order valence-corrected chi connectivity index (χ4v) is 3.26. The lowest BCUT2D eigenvalue weighted by Gasteiger charge is -2.07. The molecule has 1 aromatic carbocycles. The normalized spacial score (nSPS) is 11.3. The number of carbonyl (C=O) groups is 1. The van der Waals surface area contributed by atoms with Crippen LogP contribution in [0.25, 0.3) is 28.2 Å². The Bertz CT molecular complexity index is 1170. The Morgan fingerprint density at radius 1 is 1.14 bits per heavy atom. The van der Waals surface area contributed by atoms with Crippen molar-refractivity contribution in [3.8, 4) is 22.5 Å². The Hall–Kier alpha value is -3.48. The van der Waals surface area contributed by atoms with E-state index in [1.165, 1.54) is 6.92 Å². The van der Waals surface area contributed by atoms with Crippen molar-refractivity contribution in [1.29, 1.82) is 0 Å². The fraction of sp³-hybridized carbons (Fsp3) is 0.238. The number of aryl methyl sites for hydroxylation is 1. The van der Waals surface area contributed by atoms with Crippen molar-refractivity contribution in [2.75, 3.05) is 5.32 Å². The predicted molar refractivity (Wildman–Crippen MR) is 109 cm³/mol. The number of aromatic nitrogens is 5. The highest BCUT2D eigenvalue weighted by molar-refractivity contribution is 5.89. The summed E-state index contributed by atoms with van der Waals surface area (Å²) in [7, 11) is 0. The second-order valence-corrected chi connectivity index (χ2v) is 7.22. The van der Waals surface area contributed by atoms with Crippen LogP contribution < -0.4 is 5.32 Å². The highest BCUT2D eigenvalue weighted by atomic mass is 16.1. The Labute approximate surface area is 162 Å². The van der Waals surface area contributed by atoms with Gasteiger partial charge in [-0.05, 0) is 25.1 Å². The summed E-state index contributed by atoms with van der Waals surface area (Å²) in [5.41, 5.74) is 5.48. The summed E-state index contributed by atoms with van der Waals surface area (Å²) in [6, 6.07) is 12.1. The second-order valence-electron chi connectivity index (χ2n) is 7.22. The molecule has 28 heavy (non-hydrogen) atoms. The SMILES string of the molecule is CC(=O)Nc1nc(-c2ccc3nnc(C(C)C)n3c2)c(-c2cccc(C)c2)[nH]1. The van der Waals surface area contributed by atoms with Crippen LogP contribution in [0.2, 0.25) is 0 Å². The molecule has 4 rings (SSSR count). The Morgan fingerprint density at radius 2 is 1.96 bits per heavy atom. The maximum absolute atomic E-state index is 11.5. The molecule has 2 N–H and O–H groups in total. The van der Waals surface area contributed by atoms with E-state index >= 15 is 0 Å². The number of hydrogen-bond donors (Lipinski definition) is 2. The molecule has 0 saturated carbocycles. The van der Waals surface area contributed by atoms with Crippen molar-refractivity contribution >= 4 is 17.5 Å². The van der Waals surface area contributed by atoms with Crippen molar-refractivity contribution in [1.82, 2.24) is 24.6 Å². The zero-order chi connectivity index (χ0) is 19.8. The molecule has 0 unspecified atom stereocenters. The van der Waals surface area contributed by atoms with Gasteiger partial charge in [0.2, 0.25) is 11.9 Å². The summed E-state index contributed by atoms with van der Waals surface area (Å²) in [4.78, 5) is 19.4. The van der Waals surface area contributed by atoms with E-state index in [0.29, 0.717) is 5.95 Å². The van der Waals surface area contributed by atoms with Crippen LogP contribution in [0.15, 0.2) is 42.6 Å². The lowest BCUT2D eigenvalue weighted by atomic mass is 10.0. The molecule has 0 fully saturated rings. The van der Waals surface area contributed by atoms with Crippen molar-refractivity contribution in [3.63, 3.8) is 0 Å². The highest BCUT2D eigenvalue weighted by Crippen LogP contribution is 2.32. The van der Waals surface area contributed by atoms with Crippen LogP contribution in [0.3, 0.4) is 0 Å². The van der Waals surface area contributed by atoms with Crippen molar-refractivity contribution in [3.05, 3.63) is 54.0 Å². The summed E-state index contributed by atoms with van der Waals surface area (Å²) >= 11 is 0. The summed E-state index contributed by atoms with van der Waals surface area (Å²) in [6.07, 6.45) is 2.00. The van der Waals surface area contributed by atoms with Crippen molar-refractivity contribution in [2.24, 2.45) is 0 Å². The lowest BCUT2D eigenvalue weighted by Crippen LogP contribution is -2.06. The van der Waals surface area contributed by atoms with Gasteiger partial charge in [0.25, 0.3) is 0 Å². The minimum Gasteiger partial charge on any atom is -0.323 e. The summed E-state index contributed by atoms with van der Waals surface area (Å²) < 4.78 is 1.99. The summed E-state index contributed by atoms with van der Waals surface area (Å²) in [6.45, 7) is 7.69. The first kappa shape index (κ1) is 17.9. The van der Waals surface area contributed by atoms with Crippen molar-refractivity contribution in [2.45, 2.75) is 33.6 Å². The molecule has 3 heterocycles. The van der Waals surface area contributed by atoms with E-state index in [2.05, 4.69) is 45.4 Å². The number of fused-ring (bicyclic) bond motifs is 1. The van der Waals surface area contributed by atoms with E-state index in [-0.39, 0.29) is 11.8 Å². The Balaban J connectivity index is 1.90. The highest BCUT2D eigenvalue weighted by Gasteiger charge is 2.17. The first-order valence-corrected chi connectivity index (χ1v) is 9.22. The Kier molecular flexibility index (Phi) is 4.43. The maximum Gasteiger partial charge on any atom is 0.223 e. The molecule has 0 atom stereocenters. The number of rotatable bonds is 4. The first-order chi connectivity index (χ1) is 13.4. The third kappa shape index (κ3) is 3.26. The van der Waals surface area contributed by atoms with Gasteiger partial charge >= 0.3 is 0 Å². The van der Waals surface area contributed by atoms with Crippen LogP contribution in [-0.4, -0.2) is 30.5 Å². The molecule has 0 aliphatic carbocycles. The number of imidazole rings is 1. The topological polar surface area (TPSA) is 88.0 Å². The largest absolute Gasteiger partial charge is 0.323 e. The van der Waals surface area contributed by atoms with Crippen LogP contribution in [-0.2, 0) is 4.79 Å². The smallest absolute Gasteiger partial charge is 0.223 e. The molecule has 0 aliphatic heterocycles. The average Bonchev–Trinajstić information content (AvgIpc) is 3.24. The molecule has 3 aromatic heterocycles. The zero-order valence-electron chi connectivity index (χ0n) is 16.3. The molecule has 0 aliphatic rings. The van der Waals surface area contributed by atoms with Crippen LogP contribution in [0.1, 0.15) is 38.1 Å². The van der Waals surface area contributed by atoms with Gasteiger partial charge in [-0.3, -0.25) is 14.5 Å². The summed E-state index contributed by atoms with van der Waals surface area (Å²) in [5.74, 6) is 1.39. The molecule has 0 saturated heterocycles. The number of hydrogen-bond acceptors (Lipinski definition) is 4. The first-order valence-electron chi connectivity index (χ1n) is 9.22. The molecule has 0 spiro atoms. The number of benzene rings is 1. The number of H-pyrrole nitrogens is 1. The molecular weight excluding hydrogens is 352 g/mol. The molecule has 142 valence electrons. The lowest BCUT2D eigenvalue weighted by molar-refractivity contribution is -0.114. The summed E-state index contributed by atoms with van der Waals surface area (Å²) in [5, 5.41) is 11.3. The van der Waals surface area contributed by atoms with Gasteiger partial charge in [0, 0.05) is 30.2 Å². The minimum absolute atomic E-state index is 0.174. The predicted octanol–water partition coefficient (Wildman–Crippen LogP) is 4.18. The standard InChI is InChI=1S/C21H22N6O/c1-12(2)20-26-25-17-9-8-16(11-27(17)20)19-18(15-7-5-6-13(3)10-15)23-21(24-19)22-14(4)28/h5-12H,1-4H3,(H2,22,23,24,28). The van der Waals surface area contributed by atoms with Gasteiger partial charge in [-0.2, -0.15) is 0 Å². The third-order valence-electron chi connectivity index (χ3n) is 4.52. The second kappa shape index (κ2) is 6.92. The quantitative estimate of drug-likeness (QED) is 0.561. The molecule has 4 aromatic rings. The number of nitrogens with one attached hydrogen (secondary N) is 2. The van der Waals surface area contributed by atoms with E-state index in [4.69, 9.17) is 0 Å². The van der Waals surface area contributed by atoms with E-state index < -0.39 is 0 Å². The minimum atomic E-state index is -0.174. The van der Waals surface area contributed by atoms with Gasteiger partial charge in [0.1, 0.15) is 5.82 Å². The fourth-order valence-electron chi connectivity index (χ4n) is 3.26. The van der Waals surface area contributed by atoms with Crippen LogP contribution >= 0.6 is 0 Å². The van der Waals surface area contributed by atoms with E-state index in [0.717, 1.165) is 39.5 Å². The Morgan fingerprint density at radius 3 is 2.68 bits per heavy atom. The van der Waals surface area contributed by atoms with Gasteiger partial charge in [0.05, 0.1) is 11.4 Å². The van der Waals surface area contributed by atoms with Gasteiger partial charge in [-0.1, -0.05) is 37.6 Å². The van der Waals surface area contributed by atoms with Crippen LogP contribution in [0, 0.1) is 6.92 Å². The van der Waals surface area contributed by atoms with Gasteiger partial charge < -0.3 is 4.98 Å². The van der Waals surface area contributed by atoms with Gasteiger partial charge in [-0.15, -0.1) is 10.2 Å². The van der Waals surface area contributed by atoms with Gasteiger partial charge in [0.15, 0.2) is 5.65 Å². The molecule has 0 bridgehead atoms. The van der Waals surface area contributed by atoms with E-state index in [1.54, 1.807) is 0 Å². The van der Waals surface area contributed by atoms with E-state index in [9.17, 15) is 4.79 Å². The number of pyridine rings is 1. The third-order valence-corrected chi connectivity index (χ3v) is 4.52. The number of nitrogens with zero attached hydrogens (tertiary/aromatic N) is 4. The van der Waals surface area contributed by atoms with Crippen molar-refractivity contribution < 1.29 is 4.79 Å². The van der Waals surface area contributed by atoms with Gasteiger partial charge in [-0.25, -0.2) is 4.98 Å². The van der Waals surface area contributed by atoms with E-state index in [1.807, 2.05) is 47.9 Å². The van der Waals surface area contributed by atoms with Crippen LogP contribution in [0.4, 0.5) is 5.95 Å². The number of amides is 1. The number of aromatic amines is 1. The zero-order valence-corrected chi connectivity index (χ0v) is 16.3. The molecule has 7 nitrogen and oxygen atoms in total. The monoisotopic (exact) mass is 374 g/mol.